The van der Waals surface area contributed by atoms with E-state index in [1.165, 1.54) is 0 Å². The van der Waals surface area contributed by atoms with Crippen molar-refractivity contribution in [2.45, 2.75) is 18.4 Å². The lowest BCUT2D eigenvalue weighted by atomic mass is 9.93. The fourth-order valence-corrected chi connectivity index (χ4v) is 2.68. The quantitative estimate of drug-likeness (QED) is 0.795. The van der Waals surface area contributed by atoms with Crippen molar-refractivity contribution in [1.82, 2.24) is 10.3 Å². The number of carbonyl (C=O) groups excluding carboxylic acids is 1. The van der Waals surface area contributed by atoms with Gasteiger partial charge in [-0.25, -0.2) is 0 Å². The molecule has 0 saturated carbocycles. The Morgan fingerprint density at radius 1 is 1.38 bits per heavy atom. The predicted octanol–water partition coefficient (Wildman–Crippen LogP) is 1.53. The van der Waals surface area contributed by atoms with Gasteiger partial charge in [-0.05, 0) is 30.0 Å². The Balaban J connectivity index is 1.81. The first-order valence-electron chi connectivity index (χ1n) is 6.77. The highest BCUT2D eigenvalue weighted by Crippen LogP contribution is 2.24. The van der Waals surface area contributed by atoms with E-state index < -0.39 is 11.5 Å². The van der Waals surface area contributed by atoms with Gasteiger partial charge in [-0.15, -0.1) is 0 Å². The van der Waals surface area contributed by atoms with E-state index >= 15 is 0 Å². The van der Waals surface area contributed by atoms with Crippen LogP contribution in [0.4, 0.5) is 0 Å². The average molecular weight is 288 g/mol. The van der Waals surface area contributed by atoms with Gasteiger partial charge in [-0.2, -0.15) is 0 Å². The number of nitrogens with one attached hydrogen (secondary N) is 2. The second-order valence-electron chi connectivity index (χ2n) is 5.39. The zero-order valence-corrected chi connectivity index (χ0v) is 11.4. The maximum absolute atomic E-state index is 12.4. The number of amides is 1. The van der Waals surface area contributed by atoms with Gasteiger partial charge >= 0.3 is 5.97 Å². The van der Waals surface area contributed by atoms with Crippen LogP contribution in [-0.2, 0) is 9.53 Å². The third kappa shape index (κ3) is 2.75. The van der Waals surface area contributed by atoms with Gasteiger partial charge in [-0.3, -0.25) is 9.59 Å². The molecular formula is C15H16N2O4. The van der Waals surface area contributed by atoms with E-state index in [9.17, 15) is 9.59 Å². The van der Waals surface area contributed by atoms with E-state index in [4.69, 9.17) is 9.84 Å². The monoisotopic (exact) mass is 288 g/mol. The fourth-order valence-electron chi connectivity index (χ4n) is 2.68. The molecule has 1 aromatic carbocycles. The lowest BCUT2D eigenvalue weighted by Gasteiger charge is -2.27. The minimum absolute atomic E-state index is 0.135. The first-order chi connectivity index (χ1) is 10.1. The third-order valence-electron chi connectivity index (χ3n) is 3.79. The minimum Gasteiger partial charge on any atom is -0.481 e. The summed E-state index contributed by atoms with van der Waals surface area (Å²) in [5, 5.41) is 12.9. The molecule has 1 atom stereocenters. The third-order valence-corrected chi connectivity index (χ3v) is 3.79. The first-order valence-corrected chi connectivity index (χ1v) is 6.77. The Hall–Kier alpha value is -2.34. The molecule has 1 aromatic heterocycles. The number of carboxylic acids is 1. The number of hydrogen-bond donors (Lipinski definition) is 3. The van der Waals surface area contributed by atoms with Crippen LogP contribution in [0.25, 0.3) is 10.9 Å². The molecule has 1 fully saturated rings. The van der Waals surface area contributed by atoms with Crippen LogP contribution in [-0.4, -0.2) is 40.7 Å². The van der Waals surface area contributed by atoms with Crippen molar-refractivity contribution in [3.8, 4) is 0 Å². The molecule has 1 amide bonds. The number of ether oxygens (including phenoxy) is 1. The van der Waals surface area contributed by atoms with Crippen molar-refractivity contribution in [2.24, 2.45) is 0 Å². The summed E-state index contributed by atoms with van der Waals surface area (Å²) in [5.41, 5.74) is 0.562. The number of hydrogen-bond acceptors (Lipinski definition) is 3. The van der Waals surface area contributed by atoms with Crippen LogP contribution in [0.2, 0.25) is 0 Å². The number of carboxylic acid groups (broad SMARTS) is 1. The highest BCUT2D eigenvalue weighted by molar-refractivity contribution is 5.98. The number of aromatic nitrogens is 1. The molecule has 1 aliphatic heterocycles. The van der Waals surface area contributed by atoms with E-state index in [1.54, 1.807) is 12.1 Å². The summed E-state index contributed by atoms with van der Waals surface area (Å²) in [6, 6.07) is 7.27. The van der Waals surface area contributed by atoms with Crippen molar-refractivity contribution >= 4 is 22.8 Å². The SMILES string of the molecule is O=C(O)CC1(NC(=O)c2ccc3cc[nH]c3c2)CCOC1. The molecule has 2 heterocycles. The zero-order valence-electron chi connectivity index (χ0n) is 11.4. The molecule has 3 rings (SSSR count). The van der Waals surface area contributed by atoms with Gasteiger partial charge in [0.05, 0.1) is 18.6 Å². The van der Waals surface area contributed by atoms with Crippen LogP contribution >= 0.6 is 0 Å². The summed E-state index contributed by atoms with van der Waals surface area (Å²) in [6.45, 7) is 0.693. The Bertz CT molecular complexity index is 686. The molecule has 6 heteroatoms. The van der Waals surface area contributed by atoms with Crippen LogP contribution < -0.4 is 5.32 Å². The van der Waals surface area contributed by atoms with Crippen LogP contribution in [0, 0.1) is 0 Å². The smallest absolute Gasteiger partial charge is 0.305 e. The molecule has 0 spiro atoms. The van der Waals surface area contributed by atoms with E-state index in [0.717, 1.165) is 10.9 Å². The lowest BCUT2D eigenvalue weighted by Crippen LogP contribution is -2.50. The van der Waals surface area contributed by atoms with Crippen molar-refractivity contribution < 1.29 is 19.4 Å². The normalized spacial score (nSPS) is 21.5. The standard InChI is InChI=1S/C15H16N2O4/c18-13(19)8-15(4-6-21-9-15)17-14(20)11-2-1-10-3-5-16-12(10)7-11/h1-3,5,7,16H,4,6,8-9H2,(H,17,20)(H,18,19). The molecule has 3 N–H and O–H groups in total. The Kier molecular flexibility index (Phi) is 3.39. The van der Waals surface area contributed by atoms with Gasteiger partial charge in [0.1, 0.15) is 0 Å². The number of H-pyrrole nitrogens is 1. The van der Waals surface area contributed by atoms with Crippen molar-refractivity contribution in [2.75, 3.05) is 13.2 Å². The maximum atomic E-state index is 12.4. The fraction of sp³-hybridized carbons (Fsp3) is 0.333. The number of carbonyl (C=O) groups is 2. The molecule has 21 heavy (non-hydrogen) atoms. The van der Waals surface area contributed by atoms with Crippen molar-refractivity contribution in [3.05, 3.63) is 36.0 Å². The molecule has 0 radical (unpaired) electrons. The summed E-state index contributed by atoms with van der Waals surface area (Å²) in [5.74, 6) is -1.22. The van der Waals surface area contributed by atoms with Gasteiger partial charge in [0.25, 0.3) is 5.91 Å². The van der Waals surface area contributed by atoms with E-state index in [1.807, 2.05) is 18.3 Å². The molecule has 0 aliphatic carbocycles. The largest absolute Gasteiger partial charge is 0.481 e. The van der Waals surface area contributed by atoms with Gasteiger partial charge in [-0.1, -0.05) is 6.07 Å². The van der Waals surface area contributed by atoms with Crippen LogP contribution in [0.3, 0.4) is 0 Å². The van der Waals surface area contributed by atoms with Crippen LogP contribution in [0.5, 0.6) is 0 Å². The summed E-state index contributed by atoms with van der Waals surface area (Å²) >= 11 is 0. The molecule has 110 valence electrons. The minimum atomic E-state index is -0.944. The molecular weight excluding hydrogens is 272 g/mol. The van der Waals surface area contributed by atoms with Gasteiger partial charge in [0, 0.05) is 23.9 Å². The van der Waals surface area contributed by atoms with Crippen molar-refractivity contribution in [3.63, 3.8) is 0 Å². The average Bonchev–Trinajstić information content (AvgIpc) is 3.06. The van der Waals surface area contributed by atoms with Gasteiger partial charge < -0.3 is 20.1 Å². The predicted molar refractivity (Wildman–Crippen MR) is 76.2 cm³/mol. The molecule has 2 aromatic rings. The molecule has 1 unspecified atom stereocenters. The summed E-state index contributed by atoms with van der Waals surface area (Å²) < 4.78 is 5.27. The number of fused-ring (bicyclic) bond motifs is 1. The molecule has 0 bridgehead atoms. The Labute approximate surface area is 121 Å². The maximum Gasteiger partial charge on any atom is 0.305 e. The summed E-state index contributed by atoms with van der Waals surface area (Å²) in [6.07, 6.45) is 2.18. The van der Waals surface area contributed by atoms with Gasteiger partial charge in [0.2, 0.25) is 0 Å². The highest BCUT2D eigenvalue weighted by atomic mass is 16.5. The molecule has 1 aliphatic rings. The second-order valence-corrected chi connectivity index (χ2v) is 5.39. The van der Waals surface area contributed by atoms with E-state index in [2.05, 4.69) is 10.3 Å². The number of aliphatic carboxylic acids is 1. The van der Waals surface area contributed by atoms with E-state index in [0.29, 0.717) is 18.6 Å². The first kappa shape index (κ1) is 13.6. The summed E-state index contributed by atoms with van der Waals surface area (Å²) in [7, 11) is 0. The lowest BCUT2D eigenvalue weighted by molar-refractivity contribution is -0.138. The second kappa shape index (κ2) is 5.21. The molecule has 6 nitrogen and oxygen atoms in total. The number of rotatable bonds is 4. The molecule has 1 saturated heterocycles. The van der Waals surface area contributed by atoms with Crippen LogP contribution in [0.15, 0.2) is 30.5 Å². The summed E-state index contributed by atoms with van der Waals surface area (Å²) in [4.78, 5) is 26.4. The number of aromatic amines is 1. The topological polar surface area (TPSA) is 91.4 Å². The Morgan fingerprint density at radius 2 is 2.24 bits per heavy atom. The van der Waals surface area contributed by atoms with E-state index in [-0.39, 0.29) is 18.9 Å². The number of benzene rings is 1. The van der Waals surface area contributed by atoms with Crippen LogP contribution in [0.1, 0.15) is 23.2 Å². The zero-order chi connectivity index (χ0) is 14.9. The Morgan fingerprint density at radius 3 is 2.95 bits per heavy atom. The van der Waals surface area contributed by atoms with Crippen molar-refractivity contribution in [1.29, 1.82) is 0 Å². The van der Waals surface area contributed by atoms with Gasteiger partial charge in [0.15, 0.2) is 0 Å². The highest BCUT2D eigenvalue weighted by Gasteiger charge is 2.38.